The van der Waals surface area contributed by atoms with E-state index in [1.165, 1.54) is 0 Å². The van der Waals surface area contributed by atoms with Crippen LogP contribution in [0.2, 0.25) is 0 Å². The zero-order valence-corrected chi connectivity index (χ0v) is 14.4. The molecule has 0 aliphatic heterocycles. The van der Waals surface area contributed by atoms with Crippen LogP contribution < -0.4 is 5.32 Å². The molecule has 126 valence electrons. The van der Waals surface area contributed by atoms with Gasteiger partial charge in [0.25, 0.3) is 0 Å². The molecule has 0 heterocycles. The van der Waals surface area contributed by atoms with Gasteiger partial charge in [-0.25, -0.2) is 4.79 Å². The molecule has 21 heavy (non-hydrogen) atoms. The van der Waals surface area contributed by atoms with Crippen molar-refractivity contribution in [2.75, 3.05) is 18.5 Å². The summed E-state index contributed by atoms with van der Waals surface area (Å²) in [4.78, 5) is 11.5. The first-order chi connectivity index (χ1) is 9.37. The maximum atomic E-state index is 12.0. The van der Waals surface area contributed by atoms with Gasteiger partial charge in [-0.2, -0.15) is 13.2 Å². The van der Waals surface area contributed by atoms with Crippen LogP contribution in [0.5, 0.6) is 0 Å². The monoisotopic (exact) mass is 377 g/mol. The van der Waals surface area contributed by atoms with Crippen LogP contribution >= 0.6 is 15.9 Å². The third-order valence-electron chi connectivity index (χ3n) is 2.34. The van der Waals surface area contributed by atoms with Gasteiger partial charge in [-0.05, 0) is 34.1 Å². The van der Waals surface area contributed by atoms with E-state index in [2.05, 4.69) is 21.2 Å². The van der Waals surface area contributed by atoms with E-state index in [9.17, 15) is 18.0 Å². The number of halogens is 4. The Hall–Kier alpha value is -0.500. The highest BCUT2D eigenvalue weighted by Crippen LogP contribution is 2.22. The van der Waals surface area contributed by atoms with Gasteiger partial charge in [-0.15, -0.1) is 0 Å². The lowest BCUT2D eigenvalue weighted by Crippen LogP contribution is -2.45. The zero-order chi connectivity index (χ0) is 16.7. The molecule has 1 amide bonds. The number of ether oxygens (including phenoxy) is 2. The number of hydrogen-bond acceptors (Lipinski definition) is 3. The van der Waals surface area contributed by atoms with E-state index in [0.717, 1.165) is 0 Å². The molecular weight excluding hydrogens is 355 g/mol. The van der Waals surface area contributed by atoms with Crippen molar-refractivity contribution in [2.24, 2.45) is 0 Å². The number of hydrogen-bond donors (Lipinski definition) is 1. The zero-order valence-electron chi connectivity index (χ0n) is 12.8. The average molecular weight is 378 g/mol. The number of carbonyl (C=O) groups is 1. The first-order valence-corrected chi connectivity index (χ1v) is 7.73. The fourth-order valence-corrected chi connectivity index (χ4v) is 1.66. The molecule has 0 rings (SSSR count). The number of alkyl carbamates (subject to hydrolysis) is 1. The Kier molecular flexibility index (Phi) is 8.02. The summed E-state index contributed by atoms with van der Waals surface area (Å²) in [7, 11) is 0. The Bertz CT molecular complexity index is 332. The summed E-state index contributed by atoms with van der Waals surface area (Å²) in [6.07, 6.45) is -5.76. The van der Waals surface area contributed by atoms with Crippen LogP contribution in [0.25, 0.3) is 0 Å². The van der Waals surface area contributed by atoms with Gasteiger partial charge in [-0.1, -0.05) is 15.9 Å². The predicted octanol–water partition coefficient (Wildman–Crippen LogP) is 4.02. The van der Waals surface area contributed by atoms with E-state index in [0.29, 0.717) is 5.33 Å². The fraction of sp³-hybridized carbons (Fsp3) is 0.923. The van der Waals surface area contributed by atoms with Gasteiger partial charge in [-0.3, -0.25) is 0 Å². The van der Waals surface area contributed by atoms with Crippen molar-refractivity contribution < 1.29 is 27.4 Å². The van der Waals surface area contributed by atoms with E-state index < -0.39 is 29.9 Å². The quantitative estimate of drug-likeness (QED) is 0.538. The number of alkyl halides is 4. The minimum atomic E-state index is -4.18. The SMILES string of the molecule is CC(C)(C)OC(=O)NCC(C)(CBr)OCCCC(F)(F)F. The summed E-state index contributed by atoms with van der Waals surface area (Å²) in [5.74, 6) is 0. The standard InChI is InChI=1S/C13H23BrF3NO3/c1-11(2,3)21-10(19)18-9-12(4,8-14)20-7-5-6-13(15,16)17/h5-9H2,1-4H3,(H,18,19). The summed E-state index contributed by atoms with van der Waals surface area (Å²) in [5, 5.41) is 2.93. The van der Waals surface area contributed by atoms with Crippen LogP contribution in [0.3, 0.4) is 0 Å². The lowest BCUT2D eigenvalue weighted by atomic mass is 10.1. The number of nitrogens with one attached hydrogen (secondary N) is 1. The number of amides is 1. The van der Waals surface area contributed by atoms with E-state index in [4.69, 9.17) is 9.47 Å². The normalized spacial score (nSPS) is 15.4. The second-order valence-electron chi connectivity index (χ2n) is 6.01. The third-order valence-corrected chi connectivity index (χ3v) is 3.53. The van der Waals surface area contributed by atoms with Crippen molar-refractivity contribution in [3.8, 4) is 0 Å². The maximum absolute atomic E-state index is 12.0. The van der Waals surface area contributed by atoms with Gasteiger partial charge >= 0.3 is 12.3 Å². The molecule has 1 unspecified atom stereocenters. The van der Waals surface area contributed by atoms with Crippen LogP contribution in [0.15, 0.2) is 0 Å². The molecule has 0 saturated carbocycles. The van der Waals surface area contributed by atoms with Gasteiger partial charge in [0.15, 0.2) is 0 Å². The predicted molar refractivity (Wildman–Crippen MR) is 77.7 cm³/mol. The molecule has 0 aliphatic carbocycles. The molecule has 0 aromatic rings. The van der Waals surface area contributed by atoms with Crippen molar-refractivity contribution >= 4 is 22.0 Å². The molecule has 0 bridgehead atoms. The highest BCUT2D eigenvalue weighted by molar-refractivity contribution is 9.09. The maximum Gasteiger partial charge on any atom is 0.407 e. The summed E-state index contributed by atoms with van der Waals surface area (Å²) in [6, 6.07) is 0. The van der Waals surface area contributed by atoms with Crippen LogP contribution in [0.4, 0.5) is 18.0 Å². The van der Waals surface area contributed by atoms with Gasteiger partial charge in [0.1, 0.15) is 5.60 Å². The van der Waals surface area contributed by atoms with Crippen molar-refractivity contribution in [1.29, 1.82) is 0 Å². The van der Waals surface area contributed by atoms with Gasteiger partial charge in [0.2, 0.25) is 0 Å². The van der Waals surface area contributed by atoms with Crippen LogP contribution in [0, 0.1) is 0 Å². The van der Waals surface area contributed by atoms with Crippen molar-refractivity contribution in [3.05, 3.63) is 0 Å². The largest absolute Gasteiger partial charge is 0.444 e. The Morgan fingerprint density at radius 3 is 2.19 bits per heavy atom. The molecule has 0 saturated heterocycles. The average Bonchev–Trinajstić information content (AvgIpc) is 2.29. The molecular formula is C13H23BrF3NO3. The van der Waals surface area contributed by atoms with E-state index in [-0.39, 0.29) is 19.6 Å². The summed E-state index contributed by atoms with van der Waals surface area (Å²) in [5.41, 5.74) is -1.40. The topological polar surface area (TPSA) is 47.6 Å². The van der Waals surface area contributed by atoms with Gasteiger partial charge < -0.3 is 14.8 Å². The van der Waals surface area contributed by atoms with E-state index in [1.54, 1.807) is 27.7 Å². The molecule has 0 aromatic heterocycles. The fourth-order valence-electron chi connectivity index (χ4n) is 1.30. The van der Waals surface area contributed by atoms with Crippen LogP contribution in [0.1, 0.15) is 40.5 Å². The number of rotatable bonds is 7. The molecule has 8 heteroatoms. The van der Waals surface area contributed by atoms with Crippen LogP contribution in [-0.4, -0.2) is 42.0 Å². The summed E-state index contributed by atoms with van der Waals surface area (Å²) < 4.78 is 46.6. The molecule has 0 aromatic carbocycles. The highest BCUT2D eigenvalue weighted by atomic mass is 79.9. The summed E-state index contributed by atoms with van der Waals surface area (Å²) >= 11 is 3.24. The Morgan fingerprint density at radius 2 is 1.76 bits per heavy atom. The molecule has 0 fully saturated rings. The summed E-state index contributed by atoms with van der Waals surface area (Å²) in [6.45, 7) is 7.03. The lowest BCUT2D eigenvalue weighted by molar-refractivity contribution is -0.140. The smallest absolute Gasteiger partial charge is 0.407 e. The first-order valence-electron chi connectivity index (χ1n) is 6.60. The highest BCUT2D eigenvalue weighted by Gasteiger charge is 2.29. The molecule has 0 radical (unpaired) electrons. The molecule has 0 spiro atoms. The Morgan fingerprint density at radius 1 is 1.19 bits per heavy atom. The Balaban J connectivity index is 4.13. The van der Waals surface area contributed by atoms with Gasteiger partial charge in [0, 0.05) is 18.4 Å². The lowest BCUT2D eigenvalue weighted by Gasteiger charge is -2.29. The van der Waals surface area contributed by atoms with Gasteiger partial charge in [0.05, 0.1) is 12.1 Å². The molecule has 1 atom stereocenters. The molecule has 0 aliphatic rings. The third kappa shape index (κ3) is 11.8. The van der Waals surface area contributed by atoms with Crippen LogP contribution in [-0.2, 0) is 9.47 Å². The van der Waals surface area contributed by atoms with E-state index >= 15 is 0 Å². The van der Waals surface area contributed by atoms with Crippen molar-refractivity contribution in [3.63, 3.8) is 0 Å². The molecule has 4 nitrogen and oxygen atoms in total. The second-order valence-corrected chi connectivity index (χ2v) is 6.57. The Labute approximate surface area is 131 Å². The number of carbonyl (C=O) groups excluding carboxylic acids is 1. The minimum absolute atomic E-state index is 0.0302. The van der Waals surface area contributed by atoms with Crippen molar-refractivity contribution in [2.45, 2.75) is 57.9 Å². The molecule has 1 N–H and O–H groups in total. The van der Waals surface area contributed by atoms with Crippen molar-refractivity contribution in [1.82, 2.24) is 5.32 Å². The first kappa shape index (κ1) is 20.5. The minimum Gasteiger partial charge on any atom is -0.444 e. The second kappa shape index (κ2) is 8.22. The van der Waals surface area contributed by atoms with E-state index in [1.807, 2.05) is 0 Å².